The summed E-state index contributed by atoms with van der Waals surface area (Å²) in [7, 11) is 0. The van der Waals surface area contributed by atoms with Crippen LogP contribution in [-0.2, 0) is 95.9 Å². The number of rotatable bonds is 0. The molecule has 0 fully saturated rings. The zero-order valence-corrected chi connectivity index (χ0v) is 19.2. The molecule has 1 aromatic heterocycles. The van der Waals surface area contributed by atoms with Crippen molar-refractivity contribution in [3.63, 3.8) is 0 Å². The van der Waals surface area contributed by atoms with E-state index in [1.165, 1.54) is 5.56 Å². The van der Waals surface area contributed by atoms with Crippen molar-refractivity contribution in [3.05, 3.63) is 36.0 Å². The fourth-order valence-electron chi connectivity index (χ4n) is 0.642. The molecule has 1 aromatic rings. The topological polar surface area (TPSA) is 12.9 Å². The van der Waals surface area contributed by atoms with Crippen LogP contribution in [0.25, 0.3) is 0 Å². The summed E-state index contributed by atoms with van der Waals surface area (Å²) in [6, 6.07) is 1.97. The summed E-state index contributed by atoms with van der Waals surface area (Å²) in [5.41, 5.74) is 3.07. The molecule has 0 aliphatic rings. The van der Waals surface area contributed by atoms with Crippen LogP contribution in [0.3, 0.4) is 0 Å². The third kappa shape index (κ3) is 9.14. The Kier molecular flexibility index (Phi) is 23.0. The Balaban J connectivity index is -0.000000101. The van der Waals surface area contributed by atoms with E-state index in [2.05, 4.69) is 18.1 Å². The number of aryl methyl sites for hydroxylation is 2. The zero-order chi connectivity index (χ0) is 6.85. The number of hydrogen-bond donors (Lipinski definition) is 0. The summed E-state index contributed by atoms with van der Waals surface area (Å²) in [5, 5.41) is 0. The van der Waals surface area contributed by atoms with Crippen molar-refractivity contribution in [2.45, 2.75) is 13.8 Å². The SMILES string of the molecule is [CH2-]c1[c-]nc(C)c(C)c1.[W].[W].[W].[Y]. The third-order valence-corrected chi connectivity index (χ3v) is 1.33. The minimum atomic E-state index is 0. The summed E-state index contributed by atoms with van der Waals surface area (Å²) < 4.78 is 0. The van der Waals surface area contributed by atoms with E-state index < -0.39 is 0 Å². The van der Waals surface area contributed by atoms with Gasteiger partial charge in [-0.05, 0) is 12.6 Å². The maximum atomic E-state index is 3.99. The van der Waals surface area contributed by atoms with Crippen LogP contribution in [0.15, 0.2) is 6.07 Å². The van der Waals surface area contributed by atoms with Gasteiger partial charge in [-0.15, -0.1) is 5.56 Å². The Morgan fingerprint density at radius 3 is 2.00 bits per heavy atom. The number of pyridine rings is 1. The van der Waals surface area contributed by atoms with E-state index in [0.29, 0.717) is 0 Å². The monoisotopic (exact) mass is 760 g/mol. The van der Waals surface area contributed by atoms with Gasteiger partial charge in [-0.1, -0.05) is 6.92 Å². The van der Waals surface area contributed by atoms with Crippen molar-refractivity contribution in [2.75, 3.05) is 0 Å². The van der Waals surface area contributed by atoms with Crippen LogP contribution in [0.1, 0.15) is 16.8 Å². The molecular weight excluding hydrogens is 751 g/mol. The van der Waals surface area contributed by atoms with E-state index in [0.717, 1.165) is 11.3 Å². The largest absolute Gasteiger partial charge is 0.405 e. The Bertz CT molecular complexity index is 231. The molecule has 0 bridgehead atoms. The van der Waals surface area contributed by atoms with Gasteiger partial charge in [0.2, 0.25) is 0 Å². The molecule has 1 heterocycles. The molecule has 0 saturated heterocycles. The van der Waals surface area contributed by atoms with Crippen LogP contribution in [0.4, 0.5) is 0 Å². The molecule has 1 nitrogen and oxygen atoms in total. The van der Waals surface area contributed by atoms with Gasteiger partial charge in [-0.25, -0.2) is 6.20 Å². The summed E-state index contributed by atoms with van der Waals surface area (Å²) in [6.07, 6.45) is 2.78. The molecule has 1 rings (SSSR count). The fourth-order valence-corrected chi connectivity index (χ4v) is 0.642. The van der Waals surface area contributed by atoms with Gasteiger partial charge in [0.1, 0.15) is 0 Å². The molecule has 69 valence electrons. The first-order chi connectivity index (χ1) is 4.20. The van der Waals surface area contributed by atoms with Gasteiger partial charge in [0.05, 0.1) is 0 Å². The van der Waals surface area contributed by atoms with Gasteiger partial charge in [0, 0.05) is 95.9 Å². The van der Waals surface area contributed by atoms with E-state index in [-0.39, 0.29) is 95.9 Å². The average molecular weight is 760 g/mol. The summed E-state index contributed by atoms with van der Waals surface area (Å²) >= 11 is 0. The van der Waals surface area contributed by atoms with Crippen molar-refractivity contribution in [3.8, 4) is 0 Å². The summed E-state index contributed by atoms with van der Waals surface area (Å²) in [5.74, 6) is 0. The molecule has 0 spiro atoms. The van der Waals surface area contributed by atoms with Gasteiger partial charge < -0.3 is 17.5 Å². The van der Waals surface area contributed by atoms with Crippen molar-refractivity contribution in [1.82, 2.24) is 4.98 Å². The first kappa shape index (κ1) is 24.4. The van der Waals surface area contributed by atoms with E-state index in [4.69, 9.17) is 0 Å². The summed E-state index contributed by atoms with van der Waals surface area (Å²) in [6.45, 7) is 7.69. The van der Waals surface area contributed by atoms with Crippen molar-refractivity contribution >= 4 is 0 Å². The van der Waals surface area contributed by atoms with E-state index in [1.807, 2.05) is 19.9 Å². The second-order valence-corrected chi connectivity index (χ2v) is 2.16. The predicted octanol–water partition coefficient (Wildman–Crippen LogP) is 1.67. The molecule has 0 unspecified atom stereocenters. The molecule has 0 aliphatic carbocycles. The molecule has 0 saturated carbocycles. The molecular formula is C8H9NW3Y-2. The average Bonchev–Trinajstić information content (AvgIpc) is 1.80. The first-order valence-corrected chi connectivity index (χ1v) is 2.88. The second kappa shape index (κ2) is 12.3. The van der Waals surface area contributed by atoms with Crippen LogP contribution in [-0.4, -0.2) is 4.98 Å². The molecule has 1 radical (unpaired) electrons. The quantitative estimate of drug-likeness (QED) is 0.368. The van der Waals surface area contributed by atoms with E-state index >= 15 is 0 Å². The Morgan fingerprint density at radius 2 is 1.69 bits per heavy atom. The molecule has 0 aromatic carbocycles. The van der Waals surface area contributed by atoms with Crippen LogP contribution < -0.4 is 0 Å². The Morgan fingerprint density at radius 1 is 1.23 bits per heavy atom. The van der Waals surface area contributed by atoms with Gasteiger partial charge in [-0.3, -0.25) is 6.07 Å². The molecule has 0 N–H and O–H groups in total. The molecule has 0 atom stereocenters. The van der Waals surface area contributed by atoms with Crippen LogP contribution in [0.2, 0.25) is 0 Å². The predicted molar refractivity (Wildman–Crippen MR) is 37.0 cm³/mol. The maximum Gasteiger partial charge on any atom is 0 e. The van der Waals surface area contributed by atoms with Crippen LogP contribution in [0, 0.1) is 27.0 Å². The zero-order valence-electron chi connectivity index (χ0n) is 7.53. The van der Waals surface area contributed by atoms with E-state index in [1.54, 1.807) is 0 Å². The van der Waals surface area contributed by atoms with Gasteiger partial charge in [0.25, 0.3) is 0 Å². The van der Waals surface area contributed by atoms with Gasteiger partial charge in [0.15, 0.2) is 0 Å². The van der Waals surface area contributed by atoms with Crippen LogP contribution >= 0.6 is 0 Å². The number of aromatic nitrogens is 1. The van der Waals surface area contributed by atoms with Crippen molar-refractivity contribution in [2.24, 2.45) is 0 Å². The minimum Gasteiger partial charge on any atom is -0.405 e. The summed E-state index contributed by atoms with van der Waals surface area (Å²) in [4.78, 5) is 3.99. The van der Waals surface area contributed by atoms with Gasteiger partial charge in [-0.2, -0.15) is 0 Å². The second-order valence-electron chi connectivity index (χ2n) is 2.16. The van der Waals surface area contributed by atoms with Crippen molar-refractivity contribution in [1.29, 1.82) is 0 Å². The van der Waals surface area contributed by atoms with Crippen molar-refractivity contribution < 1.29 is 95.9 Å². The standard InChI is InChI=1S/C8H9N.3W.Y/c1-6-4-7(2)8(3)9-5-6;;;;/h4H,1H2,2-3H3;;;;/q-2;;;;. The Labute approximate surface area is 148 Å². The number of nitrogens with zero attached hydrogens (tertiary/aromatic N) is 1. The smallest absolute Gasteiger partial charge is 0 e. The third-order valence-electron chi connectivity index (χ3n) is 1.33. The molecule has 5 heteroatoms. The molecule has 0 amide bonds. The normalized spacial score (nSPS) is 6.62. The minimum absolute atomic E-state index is 0. The van der Waals surface area contributed by atoms with E-state index in [9.17, 15) is 0 Å². The van der Waals surface area contributed by atoms with Gasteiger partial charge >= 0.3 is 0 Å². The molecule has 0 aliphatic heterocycles. The molecule has 13 heavy (non-hydrogen) atoms. The first-order valence-electron chi connectivity index (χ1n) is 2.88. The fraction of sp³-hybridized carbons (Fsp3) is 0.250. The van der Waals surface area contributed by atoms with Crippen LogP contribution in [0.5, 0.6) is 0 Å². The Hall–Kier alpha value is 2.19. The maximum absolute atomic E-state index is 3.99. The number of hydrogen-bond acceptors (Lipinski definition) is 1.